The molecule has 0 aromatic rings. The molecule has 68 heavy (non-hydrogen) atoms. The highest BCUT2D eigenvalue weighted by Crippen LogP contribution is 2.23. The molecule has 7 unspecified atom stereocenters. The summed E-state index contributed by atoms with van der Waals surface area (Å²) in [5.41, 5.74) is 0. The van der Waals surface area contributed by atoms with Gasteiger partial charge in [-0.2, -0.15) is 0 Å². The Morgan fingerprint density at radius 3 is 1.41 bits per heavy atom. The average Bonchev–Trinajstić information content (AvgIpc) is 3.34. The molecule has 1 aliphatic rings. The van der Waals surface area contributed by atoms with Gasteiger partial charge in [-0.15, -0.1) is 0 Å². The zero-order valence-electron chi connectivity index (χ0n) is 43.1. The Hall–Kier alpha value is -2.89. The number of nitrogens with one attached hydrogen (secondary N) is 1. The number of unbranched alkanes of at least 4 members (excludes halogenated alkanes) is 21. The minimum absolute atomic E-state index is 0.192. The number of rotatable bonds is 45. The number of carbonyl (C=O) groups is 1. The standard InChI is InChI=1S/C59H101NO8/c1-3-5-7-9-11-13-14-15-16-17-18-19-20-21-22-23-24-25-26-27-28-29-30-31-32-33-34-35-36-37-38-39-40-41-43-45-47-49-55(63)60-52(53(62)48-46-44-42-12-10-8-6-4-2)51-67-59-58(66)57(65)56(64)54(50-61)68-59/h5,7,10-13,15-16,18-19,21-22,24-25,46,48,52-54,56-59,61-62,64-66H,3-4,6,8-9,14,17,20,23,26-45,47,49-51H2,1-2H3,(H,60,63)/b7-5-,12-10+,13-11-,16-15-,19-18-,22-21-,25-24-,48-46+. The summed E-state index contributed by atoms with van der Waals surface area (Å²) in [5, 5.41) is 54.0. The van der Waals surface area contributed by atoms with Crippen LogP contribution in [-0.2, 0) is 14.3 Å². The number of aliphatic hydroxyl groups is 5. The van der Waals surface area contributed by atoms with Crippen LogP contribution >= 0.6 is 0 Å². The van der Waals surface area contributed by atoms with Gasteiger partial charge >= 0.3 is 0 Å². The minimum Gasteiger partial charge on any atom is -0.394 e. The van der Waals surface area contributed by atoms with E-state index < -0.39 is 49.5 Å². The van der Waals surface area contributed by atoms with Gasteiger partial charge < -0.3 is 40.3 Å². The SMILES string of the molecule is CC/C=C\C/C=C\C/C=C\C/C=C\C/C=C\C/C=C\CCCCCCCCCCCCCCCCCCCCC(=O)NC(COC1OC(CO)C(O)C(O)C1O)C(O)/C=C/CC/C=C/CCCC. The third kappa shape index (κ3) is 37.0. The van der Waals surface area contributed by atoms with E-state index in [-0.39, 0.29) is 12.5 Å². The van der Waals surface area contributed by atoms with Crippen LogP contribution in [0.3, 0.4) is 0 Å². The number of allylic oxidation sites excluding steroid dienone is 15. The lowest BCUT2D eigenvalue weighted by molar-refractivity contribution is -0.302. The second-order valence-corrected chi connectivity index (χ2v) is 18.6. The molecule has 0 aromatic carbocycles. The zero-order chi connectivity index (χ0) is 49.4. The van der Waals surface area contributed by atoms with Gasteiger partial charge in [-0.1, -0.05) is 227 Å². The van der Waals surface area contributed by atoms with Crippen molar-refractivity contribution in [3.63, 3.8) is 0 Å². The Morgan fingerprint density at radius 1 is 0.515 bits per heavy atom. The van der Waals surface area contributed by atoms with Crippen molar-refractivity contribution >= 4 is 5.91 Å². The van der Waals surface area contributed by atoms with Crippen LogP contribution in [0.15, 0.2) is 97.2 Å². The number of aliphatic hydroxyl groups excluding tert-OH is 5. The Labute approximate surface area is 415 Å². The van der Waals surface area contributed by atoms with E-state index in [1.54, 1.807) is 6.08 Å². The topological polar surface area (TPSA) is 149 Å². The van der Waals surface area contributed by atoms with Gasteiger partial charge in [0.25, 0.3) is 0 Å². The molecular formula is C59H101NO8. The molecule has 1 amide bonds. The summed E-state index contributed by atoms with van der Waals surface area (Å²) in [4.78, 5) is 12.9. The van der Waals surface area contributed by atoms with E-state index in [0.717, 1.165) is 89.9 Å². The van der Waals surface area contributed by atoms with E-state index in [0.29, 0.717) is 6.42 Å². The van der Waals surface area contributed by atoms with E-state index >= 15 is 0 Å². The maximum absolute atomic E-state index is 12.9. The van der Waals surface area contributed by atoms with Gasteiger partial charge in [0.05, 0.1) is 25.4 Å². The fraction of sp³-hybridized carbons (Fsp3) is 0.712. The quantitative estimate of drug-likeness (QED) is 0.0261. The Kier molecular flexibility index (Phi) is 44.3. The zero-order valence-corrected chi connectivity index (χ0v) is 43.1. The smallest absolute Gasteiger partial charge is 0.220 e. The summed E-state index contributed by atoms with van der Waals surface area (Å²) in [5.74, 6) is -0.192. The lowest BCUT2D eigenvalue weighted by Crippen LogP contribution is -2.60. The molecule has 0 radical (unpaired) electrons. The summed E-state index contributed by atoms with van der Waals surface area (Å²) in [6.45, 7) is 3.56. The third-order valence-electron chi connectivity index (χ3n) is 12.4. The monoisotopic (exact) mass is 952 g/mol. The van der Waals surface area contributed by atoms with Crippen LogP contribution < -0.4 is 5.32 Å². The molecule has 0 aromatic heterocycles. The molecule has 7 atom stereocenters. The summed E-state index contributed by atoms with van der Waals surface area (Å²) in [6, 6.07) is -0.822. The Balaban J connectivity index is 2.05. The van der Waals surface area contributed by atoms with E-state index in [1.165, 1.54) is 103 Å². The first-order valence-corrected chi connectivity index (χ1v) is 27.5. The molecule has 0 bridgehead atoms. The van der Waals surface area contributed by atoms with Crippen LogP contribution in [0.5, 0.6) is 0 Å². The summed E-state index contributed by atoms with van der Waals surface area (Å²) < 4.78 is 11.2. The first-order valence-electron chi connectivity index (χ1n) is 27.5. The van der Waals surface area contributed by atoms with Crippen LogP contribution in [0.1, 0.15) is 213 Å². The fourth-order valence-electron chi connectivity index (χ4n) is 8.04. The number of ether oxygens (including phenoxy) is 2. The Bertz CT molecular complexity index is 1380. The number of hydrogen-bond donors (Lipinski definition) is 6. The van der Waals surface area contributed by atoms with Crippen molar-refractivity contribution < 1.29 is 39.8 Å². The van der Waals surface area contributed by atoms with Gasteiger partial charge in [-0.25, -0.2) is 0 Å². The van der Waals surface area contributed by atoms with Crippen LogP contribution in [0.4, 0.5) is 0 Å². The third-order valence-corrected chi connectivity index (χ3v) is 12.4. The first kappa shape index (κ1) is 63.1. The molecule has 1 fully saturated rings. The molecule has 1 heterocycles. The molecule has 0 aliphatic carbocycles. The first-order chi connectivity index (χ1) is 33.3. The highest BCUT2D eigenvalue weighted by Gasteiger charge is 2.44. The minimum atomic E-state index is -1.57. The van der Waals surface area contributed by atoms with Crippen molar-refractivity contribution in [1.82, 2.24) is 5.32 Å². The average molecular weight is 952 g/mol. The summed E-state index contributed by atoms with van der Waals surface area (Å²) in [7, 11) is 0. The molecule has 1 aliphatic heterocycles. The van der Waals surface area contributed by atoms with Crippen molar-refractivity contribution in [2.45, 2.75) is 256 Å². The molecular weight excluding hydrogens is 851 g/mol. The van der Waals surface area contributed by atoms with E-state index in [9.17, 15) is 30.3 Å². The summed E-state index contributed by atoms with van der Waals surface area (Å²) >= 11 is 0. The lowest BCUT2D eigenvalue weighted by atomic mass is 9.99. The normalized spacial score (nSPS) is 20.4. The van der Waals surface area contributed by atoms with Gasteiger partial charge in [-0.3, -0.25) is 4.79 Å². The maximum Gasteiger partial charge on any atom is 0.220 e. The number of carbonyl (C=O) groups excluding carboxylic acids is 1. The largest absolute Gasteiger partial charge is 0.394 e. The highest BCUT2D eigenvalue weighted by molar-refractivity contribution is 5.76. The van der Waals surface area contributed by atoms with E-state index in [2.05, 4.69) is 104 Å². The van der Waals surface area contributed by atoms with Crippen LogP contribution in [-0.4, -0.2) is 87.5 Å². The predicted octanol–water partition coefficient (Wildman–Crippen LogP) is 13.2. The Morgan fingerprint density at radius 2 is 0.926 bits per heavy atom. The summed E-state index contributed by atoms with van der Waals surface area (Å²) in [6.07, 6.45) is 62.3. The van der Waals surface area contributed by atoms with E-state index in [4.69, 9.17) is 9.47 Å². The molecule has 6 N–H and O–H groups in total. The van der Waals surface area contributed by atoms with Gasteiger partial charge in [0, 0.05) is 6.42 Å². The van der Waals surface area contributed by atoms with Crippen molar-refractivity contribution in [3.05, 3.63) is 97.2 Å². The van der Waals surface area contributed by atoms with Gasteiger partial charge in [0.1, 0.15) is 24.4 Å². The van der Waals surface area contributed by atoms with Gasteiger partial charge in [-0.05, 0) is 77.0 Å². The highest BCUT2D eigenvalue weighted by atomic mass is 16.7. The molecule has 1 rings (SSSR count). The lowest BCUT2D eigenvalue weighted by Gasteiger charge is -2.40. The van der Waals surface area contributed by atoms with Crippen LogP contribution in [0.2, 0.25) is 0 Å². The molecule has 390 valence electrons. The fourth-order valence-corrected chi connectivity index (χ4v) is 8.04. The van der Waals surface area contributed by atoms with Crippen LogP contribution in [0.25, 0.3) is 0 Å². The predicted molar refractivity (Wildman–Crippen MR) is 285 cm³/mol. The molecule has 9 nitrogen and oxygen atoms in total. The molecule has 9 heteroatoms. The van der Waals surface area contributed by atoms with Crippen molar-refractivity contribution in [2.24, 2.45) is 0 Å². The second kappa shape index (κ2) is 47.8. The van der Waals surface area contributed by atoms with Crippen molar-refractivity contribution in [1.29, 1.82) is 0 Å². The van der Waals surface area contributed by atoms with Gasteiger partial charge in [0.2, 0.25) is 5.91 Å². The molecule has 0 spiro atoms. The molecule has 0 saturated carbocycles. The number of amides is 1. The number of hydrogen-bond acceptors (Lipinski definition) is 8. The second-order valence-electron chi connectivity index (χ2n) is 18.6. The van der Waals surface area contributed by atoms with Crippen molar-refractivity contribution in [3.8, 4) is 0 Å². The van der Waals surface area contributed by atoms with E-state index in [1.807, 2.05) is 6.08 Å². The van der Waals surface area contributed by atoms with Crippen LogP contribution in [0, 0.1) is 0 Å². The van der Waals surface area contributed by atoms with Crippen molar-refractivity contribution in [2.75, 3.05) is 13.2 Å². The maximum atomic E-state index is 12.9. The van der Waals surface area contributed by atoms with Gasteiger partial charge in [0.15, 0.2) is 6.29 Å². The molecule has 1 saturated heterocycles.